The van der Waals surface area contributed by atoms with Gasteiger partial charge in [0.2, 0.25) is 0 Å². The first-order valence-corrected chi connectivity index (χ1v) is 10.0. The van der Waals surface area contributed by atoms with Crippen molar-refractivity contribution >= 4 is 23.5 Å². The quantitative estimate of drug-likeness (QED) is 0.847. The first-order valence-electron chi connectivity index (χ1n) is 7.84. The van der Waals surface area contributed by atoms with Crippen LogP contribution in [0.5, 0.6) is 0 Å². The molecular weight excluding hydrogens is 258 g/mol. The number of hydrogen-bond acceptors (Lipinski definition) is 3. The minimum Gasteiger partial charge on any atom is -0.313 e. The topological polar surface area (TPSA) is 12.0 Å². The van der Waals surface area contributed by atoms with E-state index in [0.717, 1.165) is 23.1 Å². The van der Waals surface area contributed by atoms with Crippen LogP contribution in [-0.2, 0) is 0 Å². The van der Waals surface area contributed by atoms with Crippen LogP contribution in [0.15, 0.2) is 0 Å². The van der Waals surface area contributed by atoms with Gasteiger partial charge in [-0.1, -0.05) is 25.7 Å². The first kappa shape index (κ1) is 13.6. The Balaban J connectivity index is 1.40. The van der Waals surface area contributed by atoms with Crippen LogP contribution >= 0.6 is 23.5 Å². The van der Waals surface area contributed by atoms with Gasteiger partial charge in [0.25, 0.3) is 0 Å². The van der Waals surface area contributed by atoms with Crippen molar-refractivity contribution in [1.29, 1.82) is 0 Å². The molecule has 0 radical (unpaired) electrons. The van der Waals surface area contributed by atoms with Gasteiger partial charge in [0, 0.05) is 35.1 Å². The van der Waals surface area contributed by atoms with Crippen molar-refractivity contribution in [3.63, 3.8) is 0 Å². The SMILES string of the molecule is C1CCC2CC(NCC3CSCCS3)CCC2C1. The zero-order valence-corrected chi connectivity index (χ0v) is 13.0. The summed E-state index contributed by atoms with van der Waals surface area (Å²) in [6.07, 6.45) is 10.5. The zero-order chi connectivity index (χ0) is 12.2. The van der Waals surface area contributed by atoms with E-state index in [1.54, 1.807) is 0 Å². The minimum absolute atomic E-state index is 0.844. The molecule has 0 bridgehead atoms. The average molecular weight is 286 g/mol. The summed E-state index contributed by atoms with van der Waals surface area (Å²) in [6.45, 7) is 1.26. The maximum Gasteiger partial charge on any atom is 0.0263 e. The average Bonchev–Trinajstić information content (AvgIpc) is 2.46. The van der Waals surface area contributed by atoms with E-state index in [4.69, 9.17) is 0 Å². The third-order valence-corrected chi connectivity index (χ3v) is 7.90. The van der Waals surface area contributed by atoms with Crippen LogP contribution in [0.3, 0.4) is 0 Å². The summed E-state index contributed by atoms with van der Waals surface area (Å²) < 4.78 is 0. The molecule has 1 saturated heterocycles. The maximum absolute atomic E-state index is 3.89. The molecule has 1 heterocycles. The third-order valence-electron chi connectivity index (χ3n) is 5.06. The molecule has 4 atom stereocenters. The fourth-order valence-corrected chi connectivity index (χ4v) is 6.64. The fraction of sp³-hybridized carbons (Fsp3) is 1.00. The van der Waals surface area contributed by atoms with Gasteiger partial charge in [-0.25, -0.2) is 0 Å². The molecule has 3 heteroatoms. The fourth-order valence-electron chi connectivity index (χ4n) is 4.01. The Bertz CT molecular complexity index is 253. The van der Waals surface area contributed by atoms with Crippen molar-refractivity contribution < 1.29 is 0 Å². The molecule has 2 saturated carbocycles. The smallest absolute Gasteiger partial charge is 0.0263 e. The highest BCUT2D eigenvalue weighted by molar-refractivity contribution is 8.06. The Morgan fingerprint density at radius 2 is 1.83 bits per heavy atom. The predicted octanol–water partition coefficient (Wildman–Crippen LogP) is 3.78. The minimum atomic E-state index is 0.844. The molecule has 1 nitrogen and oxygen atoms in total. The lowest BCUT2D eigenvalue weighted by Crippen LogP contribution is -2.42. The molecule has 18 heavy (non-hydrogen) atoms. The van der Waals surface area contributed by atoms with Crippen LogP contribution in [0.1, 0.15) is 44.9 Å². The van der Waals surface area contributed by atoms with Crippen LogP contribution in [0.4, 0.5) is 0 Å². The number of nitrogens with one attached hydrogen (secondary N) is 1. The first-order chi connectivity index (χ1) is 8.92. The van der Waals surface area contributed by atoms with Crippen LogP contribution in [0.2, 0.25) is 0 Å². The molecule has 0 aromatic carbocycles. The second kappa shape index (κ2) is 6.90. The lowest BCUT2D eigenvalue weighted by molar-refractivity contribution is 0.144. The molecule has 3 fully saturated rings. The van der Waals surface area contributed by atoms with Crippen molar-refractivity contribution in [3.05, 3.63) is 0 Å². The van der Waals surface area contributed by atoms with E-state index in [2.05, 4.69) is 28.8 Å². The summed E-state index contributed by atoms with van der Waals surface area (Å²) in [5, 5.41) is 4.77. The Kier molecular flexibility index (Phi) is 5.22. The van der Waals surface area contributed by atoms with E-state index in [1.807, 2.05) is 0 Å². The molecule has 2 aliphatic carbocycles. The normalized spacial score (nSPS) is 41.3. The van der Waals surface area contributed by atoms with Crippen LogP contribution in [0, 0.1) is 11.8 Å². The molecule has 0 spiro atoms. The molecule has 1 N–H and O–H groups in total. The van der Waals surface area contributed by atoms with Crippen molar-refractivity contribution in [1.82, 2.24) is 5.32 Å². The van der Waals surface area contributed by atoms with Gasteiger partial charge in [0.15, 0.2) is 0 Å². The van der Waals surface area contributed by atoms with E-state index in [9.17, 15) is 0 Å². The van der Waals surface area contributed by atoms with Crippen LogP contribution in [-0.4, -0.2) is 35.1 Å². The summed E-state index contributed by atoms with van der Waals surface area (Å²) in [5.41, 5.74) is 0. The van der Waals surface area contributed by atoms with Gasteiger partial charge in [-0.05, 0) is 31.1 Å². The zero-order valence-electron chi connectivity index (χ0n) is 11.4. The molecule has 4 unspecified atom stereocenters. The van der Waals surface area contributed by atoms with E-state index in [0.29, 0.717) is 0 Å². The summed E-state index contributed by atoms with van der Waals surface area (Å²) in [7, 11) is 0. The number of fused-ring (bicyclic) bond motifs is 1. The van der Waals surface area contributed by atoms with E-state index >= 15 is 0 Å². The summed E-state index contributed by atoms with van der Waals surface area (Å²) in [4.78, 5) is 0. The summed E-state index contributed by atoms with van der Waals surface area (Å²) >= 11 is 4.34. The van der Waals surface area contributed by atoms with Gasteiger partial charge in [0.05, 0.1) is 0 Å². The maximum atomic E-state index is 3.89. The second-order valence-corrected chi connectivity index (χ2v) is 8.85. The summed E-state index contributed by atoms with van der Waals surface area (Å²) in [5.74, 6) is 6.27. The lowest BCUT2D eigenvalue weighted by atomic mass is 9.69. The Hall–Kier alpha value is 0.660. The van der Waals surface area contributed by atoms with Gasteiger partial charge >= 0.3 is 0 Å². The third kappa shape index (κ3) is 3.61. The largest absolute Gasteiger partial charge is 0.313 e. The molecular formula is C15H27NS2. The second-order valence-electron chi connectivity index (χ2n) is 6.29. The van der Waals surface area contributed by atoms with Gasteiger partial charge in [-0.15, -0.1) is 0 Å². The highest BCUT2D eigenvalue weighted by atomic mass is 32.2. The lowest BCUT2D eigenvalue weighted by Gasteiger charge is -2.40. The standard InChI is InChI=1S/C15H27NS2/c1-2-4-13-9-14(6-5-12(13)3-1)16-10-15-11-17-7-8-18-15/h12-16H,1-11H2. The molecule has 104 valence electrons. The highest BCUT2D eigenvalue weighted by Crippen LogP contribution is 2.40. The molecule has 0 aromatic rings. The van der Waals surface area contributed by atoms with Crippen molar-refractivity contribution in [2.24, 2.45) is 11.8 Å². The predicted molar refractivity (Wildman–Crippen MR) is 84.7 cm³/mol. The molecule has 3 aliphatic rings. The van der Waals surface area contributed by atoms with Gasteiger partial charge in [-0.3, -0.25) is 0 Å². The monoisotopic (exact) mass is 285 g/mol. The molecule has 0 aromatic heterocycles. The molecule has 3 rings (SSSR count). The van der Waals surface area contributed by atoms with Crippen LogP contribution < -0.4 is 5.32 Å². The van der Waals surface area contributed by atoms with Crippen molar-refractivity contribution in [3.8, 4) is 0 Å². The summed E-state index contributed by atoms with van der Waals surface area (Å²) in [6, 6.07) is 0.844. The Morgan fingerprint density at radius 1 is 0.944 bits per heavy atom. The molecule has 1 aliphatic heterocycles. The van der Waals surface area contributed by atoms with Gasteiger partial charge in [-0.2, -0.15) is 23.5 Å². The van der Waals surface area contributed by atoms with E-state index in [1.165, 1.54) is 68.7 Å². The van der Waals surface area contributed by atoms with E-state index in [-0.39, 0.29) is 0 Å². The van der Waals surface area contributed by atoms with Crippen molar-refractivity contribution in [2.75, 3.05) is 23.8 Å². The Labute approximate surface area is 121 Å². The van der Waals surface area contributed by atoms with Crippen LogP contribution in [0.25, 0.3) is 0 Å². The van der Waals surface area contributed by atoms with E-state index < -0.39 is 0 Å². The number of hydrogen-bond donors (Lipinski definition) is 1. The number of rotatable bonds is 3. The number of thioether (sulfide) groups is 2. The highest BCUT2D eigenvalue weighted by Gasteiger charge is 2.32. The van der Waals surface area contributed by atoms with Gasteiger partial charge in [0.1, 0.15) is 0 Å². The Morgan fingerprint density at radius 3 is 2.67 bits per heavy atom. The molecule has 0 amide bonds. The van der Waals surface area contributed by atoms with Crippen molar-refractivity contribution in [2.45, 2.75) is 56.2 Å². The van der Waals surface area contributed by atoms with Gasteiger partial charge < -0.3 is 5.32 Å².